The molecule has 0 radical (unpaired) electrons. The van der Waals surface area contributed by atoms with E-state index in [2.05, 4.69) is 15.2 Å². The SMILES string of the molecule is COc1ccc(Cl)cc1C(=O)N=C1C=CN=N1. The molecule has 1 amide bonds. The Morgan fingerprint density at radius 3 is 2.94 bits per heavy atom. The lowest BCUT2D eigenvalue weighted by molar-refractivity contribution is 0.1000. The molecule has 0 fully saturated rings. The van der Waals surface area contributed by atoms with Crippen molar-refractivity contribution in [2.45, 2.75) is 0 Å². The summed E-state index contributed by atoms with van der Waals surface area (Å²) in [5, 5.41) is 7.67. The lowest BCUT2D eigenvalue weighted by Gasteiger charge is -2.05. The van der Waals surface area contributed by atoms with Crippen LogP contribution in [-0.4, -0.2) is 18.9 Å². The second kappa shape index (κ2) is 4.88. The Hall–Kier alpha value is -2.01. The molecule has 0 N–H and O–H groups in total. The lowest BCUT2D eigenvalue weighted by atomic mass is 10.2. The van der Waals surface area contributed by atoms with Crippen molar-refractivity contribution in [1.29, 1.82) is 0 Å². The third kappa shape index (κ3) is 2.57. The third-order valence-corrected chi connectivity index (χ3v) is 2.29. The minimum Gasteiger partial charge on any atom is -0.496 e. The van der Waals surface area contributed by atoms with Crippen LogP contribution >= 0.6 is 11.6 Å². The van der Waals surface area contributed by atoms with Crippen LogP contribution in [0.4, 0.5) is 0 Å². The quantitative estimate of drug-likeness (QED) is 0.809. The smallest absolute Gasteiger partial charge is 0.282 e. The second-order valence-corrected chi connectivity index (χ2v) is 3.59. The monoisotopic (exact) mass is 249 g/mol. The van der Waals surface area contributed by atoms with Crippen LogP contribution in [0, 0.1) is 0 Å². The van der Waals surface area contributed by atoms with Crippen molar-refractivity contribution < 1.29 is 9.53 Å². The summed E-state index contributed by atoms with van der Waals surface area (Å²) in [5.41, 5.74) is 0.294. The number of amidine groups is 1. The van der Waals surface area contributed by atoms with Crippen molar-refractivity contribution in [1.82, 2.24) is 0 Å². The van der Waals surface area contributed by atoms with Gasteiger partial charge in [-0.25, -0.2) is 0 Å². The molecule has 86 valence electrons. The van der Waals surface area contributed by atoms with Crippen molar-refractivity contribution in [3.8, 4) is 5.75 Å². The molecule has 0 saturated heterocycles. The molecular formula is C11H8ClN3O2. The van der Waals surface area contributed by atoms with E-state index >= 15 is 0 Å². The highest BCUT2D eigenvalue weighted by atomic mass is 35.5. The predicted octanol–water partition coefficient (Wildman–Crippen LogP) is 2.87. The Morgan fingerprint density at radius 2 is 2.29 bits per heavy atom. The maximum absolute atomic E-state index is 11.9. The number of carbonyl (C=O) groups excluding carboxylic acids is 1. The van der Waals surface area contributed by atoms with E-state index in [4.69, 9.17) is 16.3 Å². The number of azo groups is 1. The number of nitrogens with zero attached hydrogens (tertiary/aromatic N) is 3. The van der Waals surface area contributed by atoms with Crippen molar-refractivity contribution in [3.05, 3.63) is 41.1 Å². The molecule has 0 aliphatic carbocycles. The van der Waals surface area contributed by atoms with Gasteiger partial charge in [0, 0.05) is 11.1 Å². The molecule has 5 nitrogen and oxygen atoms in total. The van der Waals surface area contributed by atoms with E-state index in [1.165, 1.54) is 25.5 Å². The Labute approximate surface area is 102 Å². The summed E-state index contributed by atoms with van der Waals surface area (Å²) < 4.78 is 5.07. The minimum absolute atomic E-state index is 0.261. The number of ether oxygens (including phenoxy) is 1. The fraction of sp³-hybridized carbons (Fsp3) is 0.0909. The number of hydrogen-bond acceptors (Lipinski definition) is 3. The van der Waals surface area contributed by atoms with Gasteiger partial charge in [-0.1, -0.05) is 11.6 Å². The van der Waals surface area contributed by atoms with Crippen LogP contribution in [-0.2, 0) is 0 Å². The number of carbonyl (C=O) groups is 1. The molecule has 1 aliphatic heterocycles. The van der Waals surface area contributed by atoms with Gasteiger partial charge in [0.1, 0.15) is 5.75 Å². The molecule has 0 spiro atoms. The van der Waals surface area contributed by atoms with E-state index < -0.39 is 5.91 Å². The predicted molar refractivity (Wildman–Crippen MR) is 63.8 cm³/mol. The van der Waals surface area contributed by atoms with Crippen LogP contribution in [0.1, 0.15) is 10.4 Å². The molecule has 0 bridgehead atoms. The summed E-state index contributed by atoms with van der Waals surface area (Å²) in [7, 11) is 1.47. The topological polar surface area (TPSA) is 63.4 Å². The van der Waals surface area contributed by atoms with E-state index in [1.807, 2.05) is 0 Å². The van der Waals surface area contributed by atoms with Crippen molar-refractivity contribution in [2.24, 2.45) is 15.2 Å². The highest BCUT2D eigenvalue weighted by Gasteiger charge is 2.13. The zero-order valence-electron chi connectivity index (χ0n) is 8.92. The van der Waals surface area contributed by atoms with Gasteiger partial charge >= 0.3 is 0 Å². The van der Waals surface area contributed by atoms with Gasteiger partial charge in [-0.15, -0.1) is 5.11 Å². The lowest BCUT2D eigenvalue weighted by Crippen LogP contribution is -2.01. The van der Waals surface area contributed by atoms with Gasteiger partial charge in [-0.05, 0) is 18.2 Å². The second-order valence-electron chi connectivity index (χ2n) is 3.15. The molecule has 1 aromatic carbocycles. The van der Waals surface area contributed by atoms with Gasteiger partial charge in [-0.3, -0.25) is 4.79 Å². The maximum atomic E-state index is 11.9. The molecule has 1 aliphatic rings. The standard InChI is InChI=1S/C11H8ClN3O2/c1-17-9-3-2-7(12)6-8(9)11(16)14-10-4-5-13-15-10/h2-6H,1H3. The van der Waals surface area contributed by atoms with Crippen LogP contribution in [0.2, 0.25) is 5.02 Å². The van der Waals surface area contributed by atoms with Crippen LogP contribution in [0.3, 0.4) is 0 Å². The van der Waals surface area contributed by atoms with Gasteiger partial charge in [0.25, 0.3) is 5.91 Å². The molecule has 0 aromatic heterocycles. The first-order valence-electron chi connectivity index (χ1n) is 4.74. The maximum Gasteiger partial charge on any atom is 0.282 e. The van der Waals surface area contributed by atoms with Crippen LogP contribution in [0.5, 0.6) is 5.75 Å². The summed E-state index contributed by atoms with van der Waals surface area (Å²) in [4.78, 5) is 15.7. The van der Waals surface area contributed by atoms with Crippen molar-refractivity contribution in [2.75, 3.05) is 7.11 Å². The van der Waals surface area contributed by atoms with Gasteiger partial charge in [0.15, 0.2) is 5.84 Å². The molecule has 0 atom stereocenters. The number of rotatable bonds is 2. The van der Waals surface area contributed by atoms with E-state index in [1.54, 1.807) is 12.1 Å². The first kappa shape index (κ1) is 11.5. The average Bonchev–Trinajstić information content (AvgIpc) is 2.81. The van der Waals surface area contributed by atoms with Gasteiger partial charge in [0.05, 0.1) is 18.9 Å². The molecular weight excluding hydrogens is 242 g/mol. The van der Waals surface area contributed by atoms with Crippen LogP contribution < -0.4 is 4.74 Å². The molecule has 6 heteroatoms. The minimum atomic E-state index is -0.468. The van der Waals surface area contributed by atoms with Crippen molar-refractivity contribution >= 4 is 23.3 Å². The Morgan fingerprint density at radius 1 is 1.47 bits per heavy atom. The molecule has 17 heavy (non-hydrogen) atoms. The van der Waals surface area contributed by atoms with Crippen molar-refractivity contribution in [3.63, 3.8) is 0 Å². The van der Waals surface area contributed by atoms with Crippen LogP contribution in [0.25, 0.3) is 0 Å². The number of halogens is 1. The zero-order valence-corrected chi connectivity index (χ0v) is 9.68. The average molecular weight is 250 g/mol. The number of amides is 1. The summed E-state index contributed by atoms with van der Waals surface area (Å²) in [6.07, 6.45) is 3.00. The number of methoxy groups -OCH3 is 1. The van der Waals surface area contributed by atoms with Gasteiger partial charge in [-0.2, -0.15) is 10.1 Å². The third-order valence-electron chi connectivity index (χ3n) is 2.06. The summed E-state index contributed by atoms with van der Waals surface area (Å²) in [5.74, 6) is 0.213. The molecule has 0 saturated carbocycles. The first-order valence-corrected chi connectivity index (χ1v) is 5.12. The Kier molecular flexibility index (Phi) is 3.30. The number of aliphatic imine (C=N–C) groups is 1. The molecule has 0 unspecified atom stereocenters. The fourth-order valence-corrected chi connectivity index (χ4v) is 1.47. The summed E-state index contributed by atoms with van der Waals surface area (Å²) >= 11 is 5.82. The van der Waals surface area contributed by atoms with E-state index in [0.29, 0.717) is 16.3 Å². The largest absolute Gasteiger partial charge is 0.496 e. The summed E-state index contributed by atoms with van der Waals surface area (Å²) in [6, 6.07) is 4.75. The normalized spacial score (nSPS) is 15.5. The van der Waals surface area contributed by atoms with Gasteiger partial charge < -0.3 is 4.74 Å². The van der Waals surface area contributed by atoms with E-state index in [-0.39, 0.29) is 5.84 Å². The zero-order chi connectivity index (χ0) is 12.3. The highest BCUT2D eigenvalue weighted by Crippen LogP contribution is 2.23. The van der Waals surface area contributed by atoms with E-state index in [9.17, 15) is 4.79 Å². The Balaban J connectivity index is 2.36. The highest BCUT2D eigenvalue weighted by molar-refractivity contribution is 6.31. The number of benzene rings is 1. The first-order chi connectivity index (χ1) is 8.20. The molecule has 2 rings (SSSR count). The van der Waals surface area contributed by atoms with Gasteiger partial charge in [0.2, 0.25) is 0 Å². The Bertz CT molecular complexity index is 536. The molecule has 1 aromatic rings. The van der Waals surface area contributed by atoms with Crippen LogP contribution in [0.15, 0.2) is 45.7 Å². The summed E-state index contributed by atoms with van der Waals surface area (Å²) in [6.45, 7) is 0. The van der Waals surface area contributed by atoms with E-state index in [0.717, 1.165) is 0 Å². The fourth-order valence-electron chi connectivity index (χ4n) is 1.30. The molecule has 1 heterocycles. The number of hydrogen-bond donors (Lipinski definition) is 0.